The van der Waals surface area contributed by atoms with Gasteiger partial charge in [-0.3, -0.25) is 14.4 Å². The molecule has 0 heterocycles. The Balaban J connectivity index is 3.44. The molecule has 5 nitrogen and oxygen atoms in total. The van der Waals surface area contributed by atoms with Crippen molar-refractivity contribution >= 4 is 17.7 Å². The standard InChI is InChI=1S/C17H30O5/c1-13(16(19)20)9-5-3-7-11-15(18)12-8-4-6-10-14(2)17(21)22/h13-14H,3-12H2,1-2H3,(H,19,20)(H,21,22). The van der Waals surface area contributed by atoms with E-state index in [1.54, 1.807) is 13.8 Å². The second-order valence-electron chi connectivity index (χ2n) is 6.22. The fourth-order valence-corrected chi connectivity index (χ4v) is 2.27. The first-order valence-electron chi connectivity index (χ1n) is 8.32. The van der Waals surface area contributed by atoms with Crippen molar-refractivity contribution in [1.29, 1.82) is 0 Å². The zero-order valence-electron chi connectivity index (χ0n) is 13.8. The highest BCUT2D eigenvalue weighted by Crippen LogP contribution is 2.13. The molecule has 0 saturated carbocycles. The van der Waals surface area contributed by atoms with Crippen molar-refractivity contribution in [3.63, 3.8) is 0 Å². The number of Topliss-reactive ketones (excluding diaryl/α,β-unsaturated/α-hetero) is 1. The normalized spacial score (nSPS) is 13.5. The van der Waals surface area contributed by atoms with E-state index in [0.717, 1.165) is 38.5 Å². The molecule has 0 radical (unpaired) electrons. The van der Waals surface area contributed by atoms with Crippen molar-refractivity contribution in [2.75, 3.05) is 0 Å². The zero-order valence-corrected chi connectivity index (χ0v) is 13.8. The molecule has 2 unspecified atom stereocenters. The van der Waals surface area contributed by atoms with E-state index in [4.69, 9.17) is 10.2 Å². The van der Waals surface area contributed by atoms with Crippen LogP contribution in [0.15, 0.2) is 0 Å². The molecule has 0 aliphatic heterocycles. The number of rotatable bonds is 14. The third-order valence-electron chi connectivity index (χ3n) is 4.03. The van der Waals surface area contributed by atoms with Crippen LogP contribution in [0.1, 0.15) is 78.1 Å². The first-order chi connectivity index (χ1) is 10.3. The number of carbonyl (C=O) groups excluding carboxylic acids is 1. The van der Waals surface area contributed by atoms with Crippen LogP contribution in [-0.4, -0.2) is 27.9 Å². The van der Waals surface area contributed by atoms with Gasteiger partial charge in [0.05, 0.1) is 11.8 Å². The summed E-state index contributed by atoms with van der Waals surface area (Å²) in [5.41, 5.74) is 0. The van der Waals surface area contributed by atoms with Gasteiger partial charge < -0.3 is 10.2 Å². The molecule has 0 bridgehead atoms. The van der Waals surface area contributed by atoms with Crippen molar-refractivity contribution in [3.8, 4) is 0 Å². The summed E-state index contributed by atoms with van der Waals surface area (Å²) in [4.78, 5) is 32.9. The molecule has 0 aromatic heterocycles. The van der Waals surface area contributed by atoms with Crippen molar-refractivity contribution in [1.82, 2.24) is 0 Å². The molecule has 5 heteroatoms. The van der Waals surface area contributed by atoms with Crippen LogP contribution in [0.25, 0.3) is 0 Å². The number of hydrogen-bond donors (Lipinski definition) is 2. The molecule has 128 valence electrons. The predicted octanol–water partition coefficient (Wildman–Crippen LogP) is 3.90. The van der Waals surface area contributed by atoms with Crippen molar-refractivity contribution in [3.05, 3.63) is 0 Å². The Morgan fingerprint density at radius 2 is 1.05 bits per heavy atom. The Morgan fingerprint density at radius 3 is 1.36 bits per heavy atom. The Labute approximate surface area is 133 Å². The van der Waals surface area contributed by atoms with Gasteiger partial charge in [-0.15, -0.1) is 0 Å². The number of unbranched alkanes of at least 4 members (excludes halogenated alkanes) is 4. The van der Waals surface area contributed by atoms with Crippen LogP contribution in [0, 0.1) is 11.8 Å². The number of hydrogen-bond acceptors (Lipinski definition) is 3. The van der Waals surface area contributed by atoms with Gasteiger partial charge in [0.2, 0.25) is 0 Å². The SMILES string of the molecule is CC(CCCCCC(=O)CCCCCC(C)C(=O)O)C(=O)O. The highest BCUT2D eigenvalue weighted by atomic mass is 16.4. The Hall–Kier alpha value is -1.39. The predicted molar refractivity (Wildman–Crippen MR) is 84.8 cm³/mol. The molecule has 0 aliphatic rings. The highest BCUT2D eigenvalue weighted by molar-refractivity contribution is 5.78. The van der Waals surface area contributed by atoms with E-state index >= 15 is 0 Å². The van der Waals surface area contributed by atoms with Crippen LogP contribution < -0.4 is 0 Å². The first kappa shape index (κ1) is 20.6. The fourth-order valence-electron chi connectivity index (χ4n) is 2.27. The summed E-state index contributed by atoms with van der Waals surface area (Å²) in [7, 11) is 0. The largest absolute Gasteiger partial charge is 0.481 e. The van der Waals surface area contributed by atoms with Gasteiger partial charge in [0, 0.05) is 12.8 Å². The zero-order chi connectivity index (χ0) is 17.0. The van der Waals surface area contributed by atoms with Gasteiger partial charge >= 0.3 is 11.9 Å². The molecule has 0 aromatic carbocycles. The summed E-state index contributed by atoms with van der Waals surface area (Å²) < 4.78 is 0. The number of carboxylic acids is 2. The van der Waals surface area contributed by atoms with Crippen LogP contribution in [-0.2, 0) is 14.4 Å². The van der Waals surface area contributed by atoms with Gasteiger partial charge in [0.25, 0.3) is 0 Å². The van der Waals surface area contributed by atoms with Crippen LogP contribution >= 0.6 is 0 Å². The Kier molecular flexibility index (Phi) is 11.4. The molecule has 0 rings (SSSR count). The van der Waals surface area contributed by atoms with Crippen LogP contribution in [0.3, 0.4) is 0 Å². The quantitative estimate of drug-likeness (QED) is 0.474. The second-order valence-corrected chi connectivity index (χ2v) is 6.22. The summed E-state index contributed by atoms with van der Waals surface area (Å²) in [5.74, 6) is -1.85. The maximum absolute atomic E-state index is 11.7. The summed E-state index contributed by atoms with van der Waals surface area (Å²) >= 11 is 0. The summed E-state index contributed by atoms with van der Waals surface area (Å²) in [5, 5.41) is 17.5. The minimum absolute atomic E-state index is 0.262. The second kappa shape index (κ2) is 12.2. The molecule has 0 aromatic rings. The summed E-state index contributed by atoms with van der Waals surface area (Å²) in [6.07, 6.45) is 7.68. The molecular weight excluding hydrogens is 284 g/mol. The van der Waals surface area contributed by atoms with Crippen LogP contribution in [0.2, 0.25) is 0 Å². The number of aliphatic carboxylic acids is 2. The highest BCUT2D eigenvalue weighted by Gasteiger charge is 2.11. The van der Waals surface area contributed by atoms with E-state index in [1.165, 1.54) is 0 Å². The third-order valence-corrected chi connectivity index (χ3v) is 4.03. The van der Waals surface area contributed by atoms with Crippen LogP contribution in [0.4, 0.5) is 0 Å². The summed E-state index contributed by atoms with van der Waals surface area (Å²) in [6, 6.07) is 0. The molecule has 0 spiro atoms. The molecule has 2 N–H and O–H groups in total. The van der Waals surface area contributed by atoms with E-state index < -0.39 is 11.9 Å². The topological polar surface area (TPSA) is 91.7 Å². The third kappa shape index (κ3) is 11.3. The lowest BCUT2D eigenvalue weighted by molar-refractivity contribution is -0.142. The molecule has 2 atom stereocenters. The van der Waals surface area contributed by atoms with Crippen molar-refractivity contribution < 1.29 is 24.6 Å². The smallest absolute Gasteiger partial charge is 0.306 e. The van der Waals surface area contributed by atoms with E-state index in [1.807, 2.05) is 0 Å². The number of carbonyl (C=O) groups is 3. The van der Waals surface area contributed by atoms with E-state index in [9.17, 15) is 14.4 Å². The maximum atomic E-state index is 11.7. The molecule has 22 heavy (non-hydrogen) atoms. The molecule has 0 amide bonds. The van der Waals surface area contributed by atoms with Gasteiger partial charge in [0.1, 0.15) is 5.78 Å². The van der Waals surface area contributed by atoms with Gasteiger partial charge in [-0.05, 0) is 25.7 Å². The Morgan fingerprint density at radius 1 is 0.682 bits per heavy atom. The lowest BCUT2D eigenvalue weighted by Gasteiger charge is -2.06. The molecule has 0 aliphatic carbocycles. The van der Waals surface area contributed by atoms with Crippen molar-refractivity contribution in [2.45, 2.75) is 78.1 Å². The van der Waals surface area contributed by atoms with E-state index in [0.29, 0.717) is 25.7 Å². The number of ketones is 1. The maximum Gasteiger partial charge on any atom is 0.306 e. The summed E-state index contributed by atoms with van der Waals surface area (Å²) in [6.45, 7) is 3.41. The van der Waals surface area contributed by atoms with Gasteiger partial charge in [-0.1, -0.05) is 39.5 Å². The van der Waals surface area contributed by atoms with E-state index in [2.05, 4.69) is 0 Å². The average Bonchev–Trinajstić information content (AvgIpc) is 2.45. The molecule has 0 fully saturated rings. The minimum Gasteiger partial charge on any atom is -0.481 e. The van der Waals surface area contributed by atoms with E-state index in [-0.39, 0.29) is 17.6 Å². The lowest BCUT2D eigenvalue weighted by Crippen LogP contribution is -2.09. The van der Waals surface area contributed by atoms with Crippen molar-refractivity contribution in [2.24, 2.45) is 11.8 Å². The number of carboxylic acid groups (broad SMARTS) is 2. The Bertz CT molecular complexity index is 319. The van der Waals surface area contributed by atoms with Gasteiger partial charge in [-0.25, -0.2) is 0 Å². The molecule has 0 saturated heterocycles. The fraction of sp³-hybridized carbons (Fsp3) is 0.824. The van der Waals surface area contributed by atoms with Gasteiger partial charge in [-0.2, -0.15) is 0 Å². The van der Waals surface area contributed by atoms with Crippen LogP contribution in [0.5, 0.6) is 0 Å². The van der Waals surface area contributed by atoms with Gasteiger partial charge in [0.15, 0.2) is 0 Å². The molecular formula is C17H30O5. The minimum atomic E-state index is -0.756. The first-order valence-corrected chi connectivity index (χ1v) is 8.32. The average molecular weight is 314 g/mol. The monoisotopic (exact) mass is 314 g/mol. The lowest BCUT2D eigenvalue weighted by atomic mass is 10.00.